The first-order valence-electron chi connectivity index (χ1n) is 9.19. The summed E-state index contributed by atoms with van der Waals surface area (Å²) < 4.78 is 5.33. The van der Waals surface area contributed by atoms with Crippen LogP contribution in [0.2, 0.25) is 0 Å². The summed E-state index contributed by atoms with van der Waals surface area (Å²) >= 11 is 0. The molecule has 0 bridgehead atoms. The maximum absolute atomic E-state index is 12.6. The number of carbonyl (C=O) groups is 2. The molecule has 1 unspecified atom stereocenters. The van der Waals surface area contributed by atoms with Gasteiger partial charge in [-0.15, -0.1) is 0 Å². The molecule has 1 atom stereocenters. The monoisotopic (exact) mass is 368 g/mol. The minimum Gasteiger partial charge on any atom is -0.496 e. The van der Waals surface area contributed by atoms with Crippen molar-refractivity contribution in [1.29, 1.82) is 0 Å². The van der Waals surface area contributed by atoms with Crippen molar-refractivity contribution in [3.8, 4) is 5.75 Å². The van der Waals surface area contributed by atoms with E-state index in [-0.39, 0.29) is 17.7 Å². The highest BCUT2D eigenvalue weighted by molar-refractivity contribution is 5.97. The molecule has 5 nitrogen and oxygen atoms in total. The van der Waals surface area contributed by atoms with Gasteiger partial charge in [0.1, 0.15) is 11.8 Å². The van der Waals surface area contributed by atoms with E-state index in [9.17, 15) is 9.59 Å². The third-order valence-corrected chi connectivity index (χ3v) is 4.44. The van der Waals surface area contributed by atoms with Gasteiger partial charge in [-0.3, -0.25) is 9.59 Å². The minimum absolute atomic E-state index is 0.0225. The fourth-order valence-corrected chi connectivity index (χ4v) is 2.80. The van der Waals surface area contributed by atoms with Crippen LogP contribution in [0, 0.1) is 12.8 Å². The first kappa shape index (κ1) is 20.5. The van der Waals surface area contributed by atoms with Crippen LogP contribution in [0.1, 0.15) is 35.3 Å². The van der Waals surface area contributed by atoms with E-state index in [4.69, 9.17) is 4.74 Å². The molecule has 0 saturated heterocycles. The van der Waals surface area contributed by atoms with Gasteiger partial charge in [-0.25, -0.2) is 0 Å². The largest absolute Gasteiger partial charge is 0.496 e. The van der Waals surface area contributed by atoms with E-state index in [0.29, 0.717) is 18.5 Å². The summed E-state index contributed by atoms with van der Waals surface area (Å²) in [4.78, 5) is 25.0. The molecule has 2 aromatic carbocycles. The van der Waals surface area contributed by atoms with Crippen molar-refractivity contribution in [1.82, 2.24) is 10.6 Å². The van der Waals surface area contributed by atoms with Crippen molar-refractivity contribution >= 4 is 11.8 Å². The van der Waals surface area contributed by atoms with Gasteiger partial charge < -0.3 is 15.4 Å². The van der Waals surface area contributed by atoms with E-state index in [1.165, 1.54) is 0 Å². The van der Waals surface area contributed by atoms with E-state index in [1.54, 1.807) is 19.2 Å². The lowest BCUT2D eigenvalue weighted by Crippen LogP contribution is -2.50. The number of hydrogen-bond acceptors (Lipinski definition) is 3. The highest BCUT2D eigenvalue weighted by Crippen LogP contribution is 2.17. The standard InChI is InChI=1S/C22H28N2O3/c1-15(2)20(24-21(25)18-11-9-16(3)10-12-18)22(26)23-14-13-17-7-5-6-8-19(17)27-4/h5-12,15,20H,13-14H2,1-4H3,(H,23,26)(H,24,25). The lowest BCUT2D eigenvalue weighted by atomic mass is 10.0. The minimum atomic E-state index is -0.587. The van der Waals surface area contributed by atoms with Gasteiger partial charge in [-0.1, -0.05) is 49.7 Å². The average Bonchev–Trinajstić information content (AvgIpc) is 2.66. The van der Waals surface area contributed by atoms with Gasteiger partial charge >= 0.3 is 0 Å². The predicted molar refractivity (Wildman–Crippen MR) is 107 cm³/mol. The fraction of sp³-hybridized carbons (Fsp3) is 0.364. The smallest absolute Gasteiger partial charge is 0.251 e. The molecule has 0 spiro atoms. The summed E-state index contributed by atoms with van der Waals surface area (Å²) in [7, 11) is 1.63. The Morgan fingerprint density at radius 3 is 2.33 bits per heavy atom. The summed E-state index contributed by atoms with van der Waals surface area (Å²) in [5, 5.41) is 5.77. The molecule has 0 saturated carbocycles. The Morgan fingerprint density at radius 1 is 1.04 bits per heavy atom. The molecule has 27 heavy (non-hydrogen) atoms. The van der Waals surface area contributed by atoms with Crippen molar-refractivity contribution in [3.63, 3.8) is 0 Å². The highest BCUT2D eigenvalue weighted by atomic mass is 16.5. The molecule has 2 rings (SSSR count). The molecule has 0 aliphatic heterocycles. The van der Waals surface area contributed by atoms with Crippen molar-refractivity contribution < 1.29 is 14.3 Å². The molecule has 0 aliphatic carbocycles. The van der Waals surface area contributed by atoms with Crippen LogP contribution >= 0.6 is 0 Å². The van der Waals surface area contributed by atoms with Crippen LogP contribution in [-0.4, -0.2) is 31.5 Å². The Labute approximate surface area is 161 Å². The van der Waals surface area contributed by atoms with Crippen LogP contribution in [0.4, 0.5) is 0 Å². The van der Waals surface area contributed by atoms with Gasteiger partial charge in [-0.2, -0.15) is 0 Å². The second kappa shape index (κ2) is 9.76. The maximum atomic E-state index is 12.6. The quantitative estimate of drug-likeness (QED) is 0.752. The number of nitrogens with one attached hydrogen (secondary N) is 2. The zero-order chi connectivity index (χ0) is 19.8. The van der Waals surface area contributed by atoms with E-state index in [1.807, 2.05) is 57.2 Å². The van der Waals surface area contributed by atoms with Crippen LogP contribution in [0.3, 0.4) is 0 Å². The number of amides is 2. The van der Waals surface area contributed by atoms with Crippen molar-refractivity contribution in [2.75, 3.05) is 13.7 Å². The van der Waals surface area contributed by atoms with Gasteiger partial charge in [0.15, 0.2) is 0 Å². The number of hydrogen-bond donors (Lipinski definition) is 2. The molecular formula is C22H28N2O3. The molecule has 0 fully saturated rings. The van der Waals surface area contributed by atoms with E-state index in [0.717, 1.165) is 16.9 Å². The van der Waals surface area contributed by atoms with Crippen molar-refractivity contribution in [3.05, 3.63) is 65.2 Å². The van der Waals surface area contributed by atoms with Crippen LogP contribution in [0.5, 0.6) is 5.75 Å². The lowest BCUT2D eigenvalue weighted by molar-refractivity contribution is -0.123. The molecule has 0 radical (unpaired) electrons. The Kier molecular flexibility index (Phi) is 7.41. The number of rotatable bonds is 8. The second-order valence-corrected chi connectivity index (χ2v) is 6.91. The maximum Gasteiger partial charge on any atom is 0.251 e. The van der Waals surface area contributed by atoms with Crippen LogP contribution < -0.4 is 15.4 Å². The summed E-state index contributed by atoms with van der Waals surface area (Å²) in [5.41, 5.74) is 2.67. The molecule has 0 aromatic heterocycles. The Bertz CT molecular complexity index is 769. The molecule has 144 valence electrons. The summed E-state index contributed by atoms with van der Waals surface area (Å²) in [5.74, 6) is 0.361. The molecule has 0 heterocycles. The summed E-state index contributed by atoms with van der Waals surface area (Å²) in [6.07, 6.45) is 0.659. The summed E-state index contributed by atoms with van der Waals surface area (Å²) in [6, 6.07) is 14.4. The van der Waals surface area contributed by atoms with Gasteiger partial charge in [0, 0.05) is 12.1 Å². The first-order valence-corrected chi connectivity index (χ1v) is 9.19. The van der Waals surface area contributed by atoms with E-state index < -0.39 is 6.04 Å². The number of para-hydroxylation sites is 1. The van der Waals surface area contributed by atoms with Crippen molar-refractivity contribution in [2.45, 2.75) is 33.2 Å². The SMILES string of the molecule is COc1ccccc1CCNC(=O)C(NC(=O)c1ccc(C)cc1)C(C)C. The number of benzene rings is 2. The van der Waals surface area contributed by atoms with Crippen LogP contribution in [0.15, 0.2) is 48.5 Å². The highest BCUT2D eigenvalue weighted by Gasteiger charge is 2.24. The topological polar surface area (TPSA) is 67.4 Å². The predicted octanol–water partition coefficient (Wildman–Crippen LogP) is 3.12. The zero-order valence-electron chi connectivity index (χ0n) is 16.4. The summed E-state index contributed by atoms with van der Waals surface area (Å²) in [6.45, 7) is 6.27. The van der Waals surface area contributed by atoms with Gasteiger partial charge in [0.05, 0.1) is 7.11 Å². The Morgan fingerprint density at radius 2 is 1.70 bits per heavy atom. The Hall–Kier alpha value is -2.82. The molecule has 5 heteroatoms. The zero-order valence-corrected chi connectivity index (χ0v) is 16.4. The van der Waals surface area contributed by atoms with Crippen LogP contribution in [-0.2, 0) is 11.2 Å². The first-order chi connectivity index (χ1) is 12.9. The third-order valence-electron chi connectivity index (χ3n) is 4.44. The number of aryl methyl sites for hydroxylation is 1. The number of ether oxygens (including phenoxy) is 1. The number of carbonyl (C=O) groups excluding carboxylic acids is 2. The van der Waals surface area contributed by atoms with E-state index >= 15 is 0 Å². The molecule has 2 N–H and O–H groups in total. The number of methoxy groups -OCH3 is 1. The van der Waals surface area contributed by atoms with Crippen molar-refractivity contribution in [2.24, 2.45) is 5.92 Å². The fourth-order valence-electron chi connectivity index (χ4n) is 2.80. The van der Waals surface area contributed by atoms with Gasteiger partial charge in [-0.05, 0) is 43.0 Å². The second-order valence-electron chi connectivity index (χ2n) is 6.91. The normalized spacial score (nSPS) is 11.7. The lowest BCUT2D eigenvalue weighted by Gasteiger charge is -2.22. The molecule has 2 amide bonds. The molecule has 2 aromatic rings. The molecule has 0 aliphatic rings. The molecular weight excluding hydrogens is 340 g/mol. The van der Waals surface area contributed by atoms with Crippen LogP contribution in [0.25, 0.3) is 0 Å². The Balaban J connectivity index is 1.94. The average molecular weight is 368 g/mol. The third kappa shape index (κ3) is 5.84. The van der Waals surface area contributed by atoms with Gasteiger partial charge in [0.2, 0.25) is 5.91 Å². The van der Waals surface area contributed by atoms with E-state index in [2.05, 4.69) is 10.6 Å². The van der Waals surface area contributed by atoms with Gasteiger partial charge in [0.25, 0.3) is 5.91 Å².